The van der Waals surface area contributed by atoms with Crippen LogP contribution in [0.1, 0.15) is 38.4 Å². The van der Waals surface area contributed by atoms with Crippen LogP contribution in [0.3, 0.4) is 0 Å². The molecule has 2 rings (SSSR count). The first-order valence-electron chi connectivity index (χ1n) is 6.03. The molecule has 3 heteroatoms. The van der Waals surface area contributed by atoms with E-state index in [0.717, 1.165) is 18.6 Å². The Balaban J connectivity index is 1.95. The first-order valence-corrected chi connectivity index (χ1v) is 6.03. The molecular weight excluding hydrogens is 204 g/mol. The second kappa shape index (κ2) is 4.60. The molecule has 90 valence electrons. The topological polar surface area (TPSA) is 53.6 Å². The van der Waals surface area contributed by atoms with Gasteiger partial charge in [0.25, 0.3) is 0 Å². The van der Waals surface area contributed by atoms with Crippen LogP contribution < -0.4 is 0 Å². The van der Waals surface area contributed by atoms with Gasteiger partial charge >= 0.3 is 0 Å². The summed E-state index contributed by atoms with van der Waals surface area (Å²) in [7, 11) is 0. The zero-order chi connectivity index (χ0) is 11.6. The summed E-state index contributed by atoms with van der Waals surface area (Å²) in [5, 5.41) is 20.4. The van der Waals surface area contributed by atoms with Gasteiger partial charge in [-0.25, -0.2) is 0 Å². The largest absolute Gasteiger partial charge is 0.469 e. The molecule has 0 aromatic carbocycles. The molecule has 0 saturated heterocycles. The van der Waals surface area contributed by atoms with E-state index in [2.05, 4.69) is 6.92 Å². The van der Waals surface area contributed by atoms with Crippen LogP contribution in [-0.2, 0) is 6.42 Å². The molecule has 1 heterocycles. The van der Waals surface area contributed by atoms with Gasteiger partial charge in [0.05, 0.1) is 18.0 Å². The molecule has 1 aromatic rings. The molecule has 2 N–H and O–H groups in total. The lowest BCUT2D eigenvalue weighted by molar-refractivity contribution is -0.103. The average molecular weight is 224 g/mol. The summed E-state index contributed by atoms with van der Waals surface area (Å²) in [5.74, 6) is 1.40. The molecule has 1 saturated carbocycles. The Morgan fingerprint density at radius 2 is 2.19 bits per heavy atom. The van der Waals surface area contributed by atoms with Gasteiger partial charge in [0.1, 0.15) is 5.76 Å². The fourth-order valence-corrected chi connectivity index (χ4v) is 2.40. The minimum Gasteiger partial charge on any atom is -0.469 e. The molecule has 0 aliphatic heterocycles. The molecule has 16 heavy (non-hydrogen) atoms. The number of rotatable bonds is 3. The van der Waals surface area contributed by atoms with Crippen LogP contribution in [-0.4, -0.2) is 21.9 Å². The lowest BCUT2D eigenvalue weighted by atomic mass is 9.75. The second-order valence-electron chi connectivity index (χ2n) is 5.09. The van der Waals surface area contributed by atoms with E-state index in [0.29, 0.717) is 25.2 Å². The van der Waals surface area contributed by atoms with E-state index in [1.165, 1.54) is 0 Å². The number of hydrogen-bond acceptors (Lipinski definition) is 3. The zero-order valence-electron chi connectivity index (χ0n) is 9.72. The third-order valence-corrected chi connectivity index (χ3v) is 3.74. The van der Waals surface area contributed by atoms with E-state index in [9.17, 15) is 10.2 Å². The van der Waals surface area contributed by atoms with Crippen molar-refractivity contribution in [3.63, 3.8) is 0 Å². The summed E-state index contributed by atoms with van der Waals surface area (Å²) >= 11 is 0. The summed E-state index contributed by atoms with van der Waals surface area (Å²) in [5.41, 5.74) is -0.917. The molecule has 1 aliphatic carbocycles. The van der Waals surface area contributed by atoms with Crippen molar-refractivity contribution in [3.05, 3.63) is 24.2 Å². The van der Waals surface area contributed by atoms with Crippen molar-refractivity contribution in [2.45, 2.75) is 50.7 Å². The van der Waals surface area contributed by atoms with Crippen molar-refractivity contribution in [2.24, 2.45) is 5.92 Å². The first-order chi connectivity index (χ1) is 7.60. The van der Waals surface area contributed by atoms with Gasteiger partial charge in [-0.05, 0) is 43.7 Å². The van der Waals surface area contributed by atoms with Crippen molar-refractivity contribution in [1.82, 2.24) is 0 Å². The predicted octanol–water partition coefficient (Wildman–Crippen LogP) is 2.12. The van der Waals surface area contributed by atoms with Crippen LogP contribution in [0.5, 0.6) is 0 Å². The molecule has 1 atom stereocenters. The third-order valence-electron chi connectivity index (χ3n) is 3.74. The SMILES string of the molecule is CC1CCC(O)(C(O)Cc2ccco2)CC1. The normalized spacial score (nSPS) is 32.6. The number of aliphatic hydroxyl groups is 2. The van der Waals surface area contributed by atoms with E-state index >= 15 is 0 Å². The smallest absolute Gasteiger partial charge is 0.106 e. The maximum atomic E-state index is 10.4. The standard InChI is InChI=1S/C13H20O3/c1-10-4-6-13(15,7-5-10)12(14)9-11-3-2-8-16-11/h2-3,8,10,12,14-15H,4-7,9H2,1H3. The maximum Gasteiger partial charge on any atom is 0.106 e. The van der Waals surface area contributed by atoms with Crippen molar-refractivity contribution in [3.8, 4) is 0 Å². The highest BCUT2D eigenvalue weighted by molar-refractivity contribution is 5.03. The highest BCUT2D eigenvalue weighted by Gasteiger charge is 2.38. The Morgan fingerprint density at radius 1 is 1.50 bits per heavy atom. The first kappa shape index (κ1) is 11.7. The number of hydrogen-bond donors (Lipinski definition) is 2. The maximum absolute atomic E-state index is 10.4. The minimum absolute atomic E-state index is 0.401. The van der Waals surface area contributed by atoms with Crippen molar-refractivity contribution in [1.29, 1.82) is 0 Å². The fraction of sp³-hybridized carbons (Fsp3) is 0.692. The van der Waals surface area contributed by atoms with E-state index in [4.69, 9.17) is 4.42 Å². The van der Waals surface area contributed by atoms with Crippen LogP contribution in [0.4, 0.5) is 0 Å². The van der Waals surface area contributed by atoms with Crippen LogP contribution in [0.15, 0.2) is 22.8 Å². The molecule has 0 spiro atoms. The fourth-order valence-electron chi connectivity index (χ4n) is 2.40. The summed E-state index contributed by atoms with van der Waals surface area (Å²) in [4.78, 5) is 0. The Kier molecular flexibility index (Phi) is 3.36. The van der Waals surface area contributed by atoms with E-state index in [1.807, 2.05) is 6.07 Å². The molecule has 3 nitrogen and oxygen atoms in total. The lowest BCUT2D eigenvalue weighted by Gasteiger charge is -2.38. The molecule has 1 unspecified atom stereocenters. The predicted molar refractivity (Wildman–Crippen MR) is 61.0 cm³/mol. The van der Waals surface area contributed by atoms with Gasteiger partial charge in [-0.1, -0.05) is 6.92 Å². The van der Waals surface area contributed by atoms with E-state index in [-0.39, 0.29) is 0 Å². The van der Waals surface area contributed by atoms with Gasteiger partial charge in [0.2, 0.25) is 0 Å². The molecule has 0 amide bonds. The monoisotopic (exact) mass is 224 g/mol. The van der Waals surface area contributed by atoms with Crippen molar-refractivity contribution in [2.75, 3.05) is 0 Å². The lowest BCUT2D eigenvalue weighted by Crippen LogP contribution is -2.46. The van der Waals surface area contributed by atoms with Crippen molar-refractivity contribution >= 4 is 0 Å². The highest BCUT2D eigenvalue weighted by Crippen LogP contribution is 2.35. The molecule has 1 aromatic heterocycles. The number of furan rings is 1. The van der Waals surface area contributed by atoms with Gasteiger partial charge in [0.15, 0.2) is 0 Å². The third kappa shape index (κ3) is 2.47. The Hall–Kier alpha value is -0.800. The quantitative estimate of drug-likeness (QED) is 0.827. The molecule has 0 radical (unpaired) electrons. The Bertz CT molecular complexity index is 310. The van der Waals surface area contributed by atoms with Crippen LogP contribution >= 0.6 is 0 Å². The van der Waals surface area contributed by atoms with Gasteiger partial charge in [-0.15, -0.1) is 0 Å². The molecule has 1 aliphatic rings. The van der Waals surface area contributed by atoms with Crippen LogP contribution in [0.25, 0.3) is 0 Å². The summed E-state index contributed by atoms with van der Waals surface area (Å²) in [6.07, 6.45) is 4.64. The Labute approximate surface area is 96.1 Å². The van der Waals surface area contributed by atoms with Gasteiger partial charge in [-0.2, -0.15) is 0 Å². The zero-order valence-corrected chi connectivity index (χ0v) is 9.72. The van der Waals surface area contributed by atoms with Gasteiger partial charge in [-0.3, -0.25) is 0 Å². The molecular formula is C13H20O3. The summed E-state index contributed by atoms with van der Waals surface area (Å²) in [6, 6.07) is 3.63. The Morgan fingerprint density at radius 3 is 2.75 bits per heavy atom. The summed E-state index contributed by atoms with van der Waals surface area (Å²) in [6.45, 7) is 2.19. The number of aliphatic hydroxyl groups excluding tert-OH is 1. The van der Waals surface area contributed by atoms with Crippen molar-refractivity contribution < 1.29 is 14.6 Å². The summed E-state index contributed by atoms with van der Waals surface area (Å²) < 4.78 is 5.19. The van der Waals surface area contributed by atoms with E-state index < -0.39 is 11.7 Å². The van der Waals surface area contributed by atoms with Crippen LogP contribution in [0.2, 0.25) is 0 Å². The second-order valence-corrected chi connectivity index (χ2v) is 5.09. The van der Waals surface area contributed by atoms with Crippen LogP contribution in [0, 0.1) is 5.92 Å². The molecule has 0 bridgehead atoms. The van der Waals surface area contributed by atoms with E-state index in [1.54, 1.807) is 12.3 Å². The van der Waals surface area contributed by atoms with Gasteiger partial charge < -0.3 is 14.6 Å². The molecule has 1 fully saturated rings. The average Bonchev–Trinajstić information content (AvgIpc) is 2.75. The highest BCUT2D eigenvalue weighted by atomic mass is 16.3. The minimum atomic E-state index is -0.917. The van der Waals surface area contributed by atoms with Gasteiger partial charge in [0, 0.05) is 6.42 Å².